The Morgan fingerprint density at radius 1 is 1.35 bits per heavy atom. The SMILES string of the molecule is C1=NC=C2N=NCN2c2sc3cnccc3c21. The molecule has 0 aromatic carbocycles. The molecule has 0 unspecified atom stereocenters. The fourth-order valence-electron chi connectivity index (χ4n) is 2.02. The number of pyridine rings is 1. The molecule has 0 bridgehead atoms. The van der Waals surface area contributed by atoms with Gasteiger partial charge in [0.15, 0.2) is 5.82 Å². The fourth-order valence-corrected chi connectivity index (χ4v) is 3.16. The van der Waals surface area contributed by atoms with Crippen LogP contribution >= 0.6 is 11.3 Å². The molecule has 2 aromatic rings. The minimum atomic E-state index is 0.572. The monoisotopic (exact) mass is 241 g/mol. The Balaban J connectivity index is 2.04. The van der Waals surface area contributed by atoms with E-state index in [1.807, 2.05) is 18.5 Å². The maximum absolute atomic E-state index is 4.28. The van der Waals surface area contributed by atoms with Gasteiger partial charge in [0.25, 0.3) is 0 Å². The van der Waals surface area contributed by atoms with Gasteiger partial charge in [-0.3, -0.25) is 14.9 Å². The van der Waals surface area contributed by atoms with E-state index in [0.717, 1.165) is 21.1 Å². The summed E-state index contributed by atoms with van der Waals surface area (Å²) < 4.78 is 1.16. The van der Waals surface area contributed by atoms with E-state index in [9.17, 15) is 0 Å². The van der Waals surface area contributed by atoms with Gasteiger partial charge in [0, 0.05) is 29.6 Å². The van der Waals surface area contributed by atoms with Crippen molar-refractivity contribution in [2.75, 3.05) is 11.6 Å². The number of aromatic nitrogens is 1. The van der Waals surface area contributed by atoms with Gasteiger partial charge in [0.05, 0.1) is 10.9 Å². The van der Waals surface area contributed by atoms with Crippen LogP contribution in [0.25, 0.3) is 10.1 Å². The Kier molecular flexibility index (Phi) is 1.70. The summed E-state index contributed by atoms with van der Waals surface area (Å²) in [5.74, 6) is 0.805. The smallest absolute Gasteiger partial charge is 0.176 e. The van der Waals surface area contributed by atoms with E-state index in [4.69, 9.17) is 0 Å². The highest BCUT2D eigenvalue weighted by atomic mass is 32.1. The van der Waals surface area contributed by atoms with Crippen LogP contribution in [-0.4, -0.2) is 17.9 Å². The van der Waals surface area contributed by atoms with Crippen LogP contribution in [0.1, 0.15) is 5.56 Å². The average molecular weight is 241 g/mol. The third-order valence-corrected chi connectivity index (χ3v) is 3.98. The molecule has 0 N–H and O–H groups in total. The van der Waals surface area contributed by atoms with E-state index in [0.29, 0.717) is 6.67 Å². The molecule has 2 aliphatic heterocycles. The molecule has 0 radical (unpaired) electrons. The van der Waals surface area contributed by atoms with E-state index in [-0.39, 0.29) is 0 Å². The summed E-state index contributed by atoms with van der Waals surface area (Å²) in [6.07, 6.45) is 7.32. The number of azo groups is 1. The topological polar surface area (TPSA) is 53.2 Å². The summed E-state index contributed by atoms with van der Waals surface area (Å²) in [6, 6.07) is 2.02. The second kappa shape index (κ2) is 3.21. The van der Waals surface area contributed by atoms with Crippen LogP contribution in [0.5, 0.6) is 0 Å². The first-order valence-corrected chi connectivity index (χ1v) is 6.00. The van der Waals surface area contributed by atoms with E-state index >= 15 is 0 Å². The Morgan fingerprint density at radius 2 is 2.35 bits per heavy atom. The highest BCUT2D eigenvalue weighted by Crippen LogP contribution is 2.40. The molecule has 0 saturated heterocycles. The summed E-state index contributed by atoms with van der Waals surface area (Å²) >= 11 is 1.70. The highest BCUT2D eigenvalue weighted by Gasteiger charge is 2.24. The normalized spacial score (nSPS) is 16.9. The number of fused-ring (bicyclic) bond motifs is 5. The first-order chi connectivity index (χ1) is 8.43. The molecule has 5 nitrogen and oxygen atoms in total. The Morgan fingerprint density at radius 3 is 3.35 bits per heavy atom. The van der Waals surface area contributed by atoms with Crippen LogP contribution in [-0.2, 0) is 0 Å². The summed E-state index contributed by atoms with van der Waals surface area (Å²) in [7, 11) is 0. The van der Waals surface area contributed by atoms with Gasteiger partial charge >= 0.3 is 0 Å². The van der Waals surface area contributed by atoms with Gasteiger partial charge in [-0.25, -0.2) is 0 Å². The van der Waals surface area contributed by atoms with Gasteiger partial charge in [-0.15, -0.1) is 16.5 Å². The minimum Gasteiger partial charge on any atom is -0.292 e. The molecule has 0 saturated carbocycles. The van der Waals surface area contributed by atoms with Crippen LogP contribution in [0.3, 0.4) is 0 Å². The van der Waals surface area contributed by atoms with Crippen molar-refractivity contribution in [2.45, 2.75) is 0 Å². The zero-order valence-electron chi connectivity index (χ0n) is 8.74. The zero-order valence-corrected chi connectivity index (χ0v) is 9.55. The van der Waals surface area contributed by atoms with Crippen LogP contribution < -0.4 is 4.90 Å². The second-order valence-electron chi connectivity index (χ2n) is 3.77. The molecule has 17 heavy (non-hydrogen) atoms. The van der Waals surface area contributed by atoms with E-state index in [1.54, 1.807) is 23.7 Å². The van der Waals surface area contributed by atoms with E-state index in [1.165, 1.54) is 5.39 Å². The minimum absolute atomic E-state index is 0.572. The van der Waals surface area contributed by atoms with E-state index in [2.05, 4.69) is 25.1 Å². The molecule has 82 valence electrons. The Hall–Kier alpha value is -2.08. The number of thiophene rings is 1. The van der Waals surface area contributed by atoms with Crippen LogP contribution in [0.15, 0.2) is 45.7 Å². The molecule has 0 fully saturated rings. The van der Waals surface area contributed by atoms with Crippen LogP contribution in [0.2, 0.25) is 0 Å². The Labute approximate surface area is 101 Å². The van der Waals surface area contributed by atoms with Crippen molar-refractivity contribution >= 4 is 32.6 Å². The molecule has 4 heterocycles. The molecule has 4 rings (SSSR count). The van der Waals surface area contributed by atoms with Crippen LogP contribution in [0.4, 0.5) is 5.00 Å². The largest absolute Gasteiger partial charge is 0.292 e. The number of hydrogen-bond donors (Lipinski definition) is 0. The van der Waals surface area contributed by atoms with Gasteiger partial charge in [-0.1, -0.05) is 0 Å². The maximum atomic E-state index is 4.28. The van der Waals surface area contributed by atoms with Crippen molar-refractivity contribution in [1.29, 1.82) is 0 Å². The molecule has 0 aliphatic carbocycles. The second-order valence-corrected chi connectivity index (χ2v) is 4.80. The number of hydrogen-bond acceptors (Lipinski definition) is 6. The molecule has 2 aliphatic rings. The zero-order chi connectivity index (χ0) is 11.2. The lowest BCUT2D eigenvalue weighted by Crippen LogP contribution is -2.15. The lowest BCUT2D eigenvalue weighted by Gasteiger charge is -2.13. The molecule has 0 spiro atoms. The fraction of sp³-hybridized carbons (Fsp3) is 0.0909. The summed E-state index contributed by atoms with van der Waals surface area (Å²) in [5.41, 5.74) is 1.13. The van der Waals surface area contributed by atoms with E-state index < -0.39 is 0 Å². The molecule has 0 amide bonds. The van der Waals surface area contributed by atoms with Gasteiger partial charge < -0.3 is 0 Å². The van der Waals surface area contributed by atoms with Crippen molar-refractivity contribution in [3.63, 3.8) is 0 Å². The number of aliphatic imine (C=N–C) groups is 1. The number of anilines is 1. The van der Waals surface area contributed by atoms with Gasteiger partial charge in [0.2, 0.25) is 0 Å². The lowest BCUT2D eigenvalue weighted by atomic mass is 10.2. The summed E-state index contributed by atoms with van der Waals surface area (Å²) in [5, 5.41) is 10.4. The van der Waals surface area contributed by atoms with Crippen LogP contribution in [0, 0.1) is 0 Å². The van der Waals surface area contributed by atoms with Crippen molar-refractivity contribution in [2.24, 2.45) is 15.2 Å². The Bertz CT molecular complexity index is 697. The molecular formula is C11H7N5S. The summed E-state index contributed by atoms with van der Waals surface area (Å²) in [6.45, 7) is 0.572. The average Bonchev–Trinajstić information content (AvgIpc) is 2.91. The number of nitrogens with zero attached hydrogens (tertiary/aromatic N) is 5. The van der Waals surface area contributed by atoms with Crippen molar-refractivity contribution in [1.82, 2.24) is 4.98 Å². The summed E-state index contributed by atoms with van der Waals surface area (Å²) in [4.78, 5) is 10.5. The van der Waals surface area contributed by atoms with Gasteiger partial charge in [-0.2, -0.15) is 5.11 Å². The predicted octanol–water partition coefficient (Wildman–Crippen LogP) is 2.76. The number of rotatable bonds is 0. The van der Waals surface area contributed by atoms with Crippen molar-refractivity contribution in [3.8, 4) is 0 Å². The van der Waals surface area contributed by atoms with Crippen molar-refractivity contribution in [3.05, 3.63) is 36.0 Å². The molecule has 2 aromatic heterocycles. The maximum Gasteiger partial charge on any atom is 0.176 e. The first-order valence-electron chi connectivity index (χ1n) is 5.18. The third-order valence-electron chi connectivity index (χ3n) is 2.80. The van der Waals surface area contributed by atoms with Gasteiger partial charge in [-0.05, 0) is 6.07 Å². The lowest BCUT2D eigenvalue weighted by molar-refractivity contribution is 1.02. The van der Waals surface area contributed by atoms with Gasteiger partial charge in [0.1, 0.15) is 11.7 Å². The molecular weight excluding hydrogens is 234 g/mol. The third kappa shape index (κ3) is 1.18. The van der Waals surface area contributed by atoms with Crippen molar-refractivity contribution < 1.29 is 0 Å². The molecule has 6 heteroatoms. The predicted molar refractivity (Wildman–Crippen MR) is 67.5 cm³/mol. The standard InChI is InChI=1S/C11H7N5S/c1-2-12-4-9-7(1)8-3-13-5-10-15-14-6-16(10)11(8)17-9/h1-5H,6H2. The molecule has 0 atom stereocenters. The first kappa shape index (κ1) is 9.00. The highest BCUT2D eigenvalue weighted by molar-refractivity contribution is 7.23. The quantitative estimate of drug-likeness (QED) is 0.712.